The van der Waals surface area contributed by atoms with Crippen molar-refractivity contribution in [3.63, 3.8) is 0 Å². The molecule has 1 N–H and O–H groups in total. The lowest BCUT2D eigenvalue weighted by molar-refractivity contribution is 0.664. The van der Waals surface area contributed by atoms with Gasteiger partial charge in [0.2, 0.25) is 0 Å². The Labute approximate surface area is 67.6 Å². The molecule has 0 heterocycles. The van der Waals surface area contributed by atoms with Crippen LogP contribution in [0.5, 0.6) is 0 Å². The summed E-state index contributed by atoms with van der Waals surface area (Å²) in [5.74, 6) is 1.73. The zero-order valence-corrected chi connectivity index (χ0v) is 6.97. The maximum atomic E-state index is 5.44. The first-order valence-corrected chi connectivity index (χ1v) is 3.73. The van der Waals surface area contributed by atoms with Crippen LogP contribution < -0.4 is 5.32 Å². The summed E-state index contributed by atoms with van der Waals surface area (Å²) in [6.07, 6.45) is 2.85. The molecule has 0 saturated heterocycles. The molecule has 3 heteroatoms. The van der Waals surface area contributed by atoms with Gasteiger partial charge in [-0.05, 0) is 25.3 Å². The second kappa shape index (κ2) is 5.33. The van der Waals surface area contributed by atoms with Gasteiger partial charge in [0, 0.05) is 12.4 Å². The van der Waals surface area contributed by atoms with Crippen molar-refractivity contribution in [2.24, 2.45) is 5.92 Å². The van der Waals surface area contributed by atoms with Crippen LogP contribution in [0.4, 0.5) is 0 Å². The number of rotatable bonds is 4. The Hall–Kier alpha value is 0.540. The first-order valence-electron chi connectivity index (χ1n) is 3.20. The van der Waals surface area contributed by atoms with Gasteiger partial charge in [-0.1, -0.05) is 0 Å². The van der Waals surface area contributed by atoms with E-state index in [0.29, 0.717) is 0 Å². The van der Waals surface area contributed by atoms with Crippen molar-refractivity contribution in [3.05, 3.63) is 0 Å². The Morgan fingerprint density at radius 3 is 2.56 bits per heavy atom. The van der Waals surface area contributed by atoms with Crippen molar-refractivity contribution in [2.45, 2.75) is 12.8 Å². The van der Waals surface area contributed by atoms with Gasteiger partial charge < -0.3 is 5.32 Å². The van der Waals surface area contributed by atoms with Crippen molar-refractivity contribution < 1.29 is 0 Å². The van der Waals surface area contributed by atoms with Crippen LogP contribution in [-0.4, -0.2) is 19.0 Å². The molecule has 1 aliphatic rings. The highest BCUT2D eigenvalue weighted by molar-refractivity contribution is 6.18. The van der Waals surface area contributed by atoms with Crippen molar-refractivity contribution >= 4 is 24.0 Å². The Kier molecular flexibility index (Phi) is 5.65. The Balaban J connectivity index is 0.000000640. The standard InChI is InChI=1S/C6H12ClN.ClH/c7-3-4-8-5-6-1-2-6;/h6,8H,1-5H2;1H. The van der Waals surface area contributed by atoms with Gasteiger partial charge in [0.25, 0.3) is 0 Å². The number of hydrogen-bond donors (Lipinski definition) is 1. The summed E-state index contributed by atoms with van der Waals surface area (Å²) in [5.41, 5.74) is 0. The molecule has 0 aromatic heterocycles. The third-order valence-corrected chi connectivity index (χ3v) is 1.59. The van der Waals surface area contributed by atoms with Gasteiger partial charge in [-0.3, -0.25) is 0 Å². The Morgan fingerprint density at radius 2 is 2.11 bits per heavy atom. The molecule has 0 bridgehead atoms. The number of nitrogens with one attached hydrogen (secondary N) is 1. The monoisotopic (exact) mass is 169 g/mol. The van der Waals surface area contributed by atoms with E-state index >= 15 is 0 Å². The lowest BCUT2D eigenvalue weighted by atomic mass is 10.4. The number of hydrogen-bond acceptors (Lipinski definition) is 1. The highest BCUT2D eigenvalue weighted by Gasteiger charge is 2.19. The van der Waals surface area contributed by atoms with Crippen molar-refractivity contribution in [2.75, 3.05) is 19.0 Å². The van der Waals surface area contributed by atoms with Crippen LogP contribution in [0.3, 0.4) is 0 Å². The lowest BCUT2D eigenvalue weighted by Crippen LogP contribution is -2.18. The molecule has 0 radical (unpaired) electrons. The van der Waals surface area contributed by atoms with Crippen molar-refractivity contribution in [1.82, 2.24) is 5.32 Å². The van der Waals surface area contributed by atoms with Crippen LogP contribution in [0.25, 0.3) is 0 Å². The van der Waals surface area contributed by atoms with E-state index in [1.54, 1.807) is 0 Å². The van der Waals surface area contributed by atoms with Gasteiger partial charge in [0.05, 0.1) is 0 Å². The van der Waals surface area contributed by atoms with Crippen LogP contribution in [-0.2, 0) is 0 Å². The predicted molar refractivity (Wildman–Crippen MR) is 43.6 cm³/mol. The van der Waals surface area contributed by atoms with E-state index in [-0.39, 0.29) is 12.4 Å². The SMILES string of the molecule is Cl.ClCCNCC1CC1. The highest BCUT2D eigenvalue weighted by Crippen LogP contribution is 2.27. The van der Waals surface area contributed by atoms with Crippen molar-refractivity contribution in [3.8, 4) is 0 Å². The first-order chi connectivity index (χ1) is 3.93. The topological polar surface area (TPSA) is 12.0 Å². The fraction of sp³-hybridized carbons (Fsp3) is 1.00. The minimum Gasteiger partial charge on any atom is -0.315 e. The molecule has 56 valence electrons. The minimum atomic E-state index is 0. The van der Waals surface area contributed by atoms with E-state index in [0.717, 1.165) is 18.3 Å². The van der Waals surface area contributed by atoms with Crippen molar-refractivity contribution in [1.29, 1.82) is 0 Å². The van der Waals surface area contributed by atoms with Gasteiger partial charge in [-0.15, -0.1) is 24.0 Å². The molecule has 0 aromatic carbocycles. The van der Waals surface area contributed by atoms with Crippen LogP contribution >= 0.6 is 24.0 Å². The van der Waals surface area contributed by atoms with Crippen LogP contribution in [0.15, 0.2) is 0 Å². The first kappa shape index (κ1) is 9.54. The molecule has 1 aliphatic carbocycles. The molecule has 0 unspecified atom stereocenters. The maximum absolute atomic E-state index is 5.44. The quantitative estimate of drug-likeness (QED) is 0.499. The fourth-order valence-corrected chi connectivity index (χ4v) is 0.829. The van der Waals surface area contributed by atoms with E-state index < -0.39 is 0 Å². The molecule has 1 saturated carbocycles. The van der Waals surface area contributed by atoms with Crippen LogP contribution in [0.2, 0.25) is 0 Å². The fourth-order valence-electron chi connectivity index (χ4n) is 0.695. The third kappa shape index (κ3) is 5.01. The molecule has 0 aromatic rings. The van der Waals surface area contributed by atoms with Gasteiger partial charge in [-0.2, -0.15) is 0 Å². The van der Waals surface area contributed by atoms with E-state index in [4.69, 9.17) is 11.6 Å². The smallest absolute Gasteiger partial charge is 0.0348 e. The molecule has 1 fully saturated rings. The molecule has 0 amide bonds. The Morgan fingerprint density at radius 1 is 1.44 bits per heavy atom. The van der Waals surface area contributed by atoms with E-state index in [1.807, 2.05) is 0 Å². The zero-order chi connectivity index (χ0) is 5.82. The largest absolute Gasteiger partial charge is 0.315 e. The summed E-state index contributed by atoms with van der Waals surface area (Å²) < 4.78 is 0. The summed E-state index contributed by atoms with van der Waals surface area (Å²) in [5, 5.41) is 3.27. The average Bonchev–Trinajstić information content (AvgIpc) is 2.51. The number of alkyl halides is 1. The van der Waals surface area contributed by atoms with Gasteiger partial charge in [-0.25, -0.2) is 0 Å². The summed E-state index contributed by atoms with van der Waals surface area (Å²) in [6.45, 7) is 2.16. The second-order valence-electron chi connectivity index (χ2n) is 2.34. The van der Waals surface area contributed by atoms with E-state index in [1.165, 1.54) is 19.4 Å². The summed E-state index contributed by atoms with van der Waals surface area (Å²) in [7, 11) is 0. The van der Waals surface area contributed by atoms with Gasteiger partial charge in [0.1, 0.15) is 0 Å². The van der Waals surface area contributed by atoms with Crippen LogP contribution in [0.1, 0.15) is 12.8 Å². The summed E-state index contributed by atoms with van der Waals surface area (Å²) in [4.78, 5) is 0. The molecule has 1 rings (SSSR count). The highest BCUT2D eigenvalue weighted by atomic mass is 35.5. The Bertz CT molecular complexity index is 64.1. The minimum absolute atomic E-state index is 0. The molecule has 9 heavy (non-hydrogen) atoms. The van der Waals surface area contributed by atoms with E-state index in [9.17, 15) is 0 Å². The molecule has 0 atom stereocenters. The molecular formula is C6H13Cl2N. The summed E-state index contributed by atoms with van der Waals surface area (Å²) >= 11 is 5.44. The predicted octanol–water partition coefficient (Wildman–Crippen LogP) is 1.65. The van der Waals surface area contributed by atoms with Crippen LogP contribution in [0, 0.1) is 5.92 Å². The average molecular weight is 170 g/mol. The summed E-state index contributed by atoms with van der Waals surface area (Å²) in [6, 6.07) is 0. The number of halogens is 2. The third-order valence-electron chi connectivity index (χ3n) is 1.40. The molecule has 0 aliphatic heterocycles. The second-order valence-corrected chi connectivity index (χ2v) is 2.71. The lowest BCUT2D eigenvalue weighted by Gasteiger charge is -1.96. The maximum Gasteiger partial charge on any atom is 0.0348 e. The molecule has 0 spiro atoms. The van der Waals surface area contributed by atoms with Gasteiger partial charge >= 0.3 is 0 Å². The molecular weight excluding hydrogens is 157 g/mol. The zero-order valence-electron chi connectivity index (χ0n) is 5.40. The van der Waals surface area contributed by atoms with E-state index in [2.05, 4.69) is 5.32 Å². The molecule has 1 nitrogen and oxygen atoms in total. The van der Waals surface area contributed by atoms with Gasteiger partial charge in [0.15, 0.2) is 0 Å². The normalized spacial score (nSPS) is 17.0.